The highest BCUT2D eigenvalue weighted by molar-refractivity contribution is 5.81. The van der Waals surface area contributed by atoms with Crippen LogP contribution in [0.15, 0.2) is 11.6 Å². The Morgan fingerprint density at radius 3 is 2.20 bits per heavy atom. The number of fused-ring (bicyclic) bond motifs is 2. The number of hydrogen-bond donors (Lipinski definition) is 1. The second-order valence-electron chi connectivity index (χ2n) is 5.14. The minimum absolute atomic E-state index is 0.458. The Morgan fingerprint density at radius 2 is 1.80 bits per heavy atom. The van der Waals surface area contributed by atoms with E-state index in [0.717, 1.165) is 13.1 Å². The molecule has 2 bridgehead atoms. The third-order valence-electron chi connectivity index (χ3n) is 4.26. The van der Waals surface area contributed by atoms with Crippen LogP contribution in [0.4, 0.5) is 0 Å². The van der Waals surface area contributed by atoms with Gasteiger partial charge in [-0.05, 0) is 30.7 Å². The van der Waals surface area contributed by atoms with Crippen LogP contribution in [-0.4, -0.2) is 36.1 Å². The molecule has 1 saturated carbocycles. The summed E-state index contributed by atoms with van der Waals surface area (Å²) in [5, 5.41) is 8.88. The maximum Gasteiger partial charge on any atom is 0.328 e. The first-order chi connectivity index (χ1) is 7.00. The molecule has 15 heavy (non-hydrogen) atoms. The number of nitrogens with zero attached hydrogens (tertiary/aromatic N) is 1. The van der Waals surface area contributed by atoms with Crippen LogP contribution in [0.1, 0.15) is 13.8 Å². The SMILES string of the molecule is CC1C2CN(C)CC(C2=CC(=O)O)C1C. The van der Waals surface area contributed by atoms with Crippen molar-refractivity contribution >= 4 is 5.97 Å². The number of carboxylic acids is 1. The van der Waals surface area contributed by atoms with Crippen LogP contribution >= 0.6 is 0 Å². The Bertz CT molecular complexity index is 291. The average Bonchev–Trinajstić information content (AvgIpc) is 2.31. The summed E-state index contributed by atoms with van der Waals surface area (Å²) in [5.41, 5.74) is 1.18. The Balaban J connectivity index is 2.32. The highest BCUT2D eigenvalue weighted by Gasteiger charge is 2.46. The molecule has 2 fully saturated rings. The van der Waals surface area contributed by atoms with E-state index >= 15 is 0 Å². The number of hydrogen-bond acceptors (Lipinski definition) is 2. The van der Waals surface area contributed by atoms with Crippen molar-refractivity contribution in [2.45, 2.75) is 13.8 Å². The fraction of sp³-hybridized carbons (Fsp3) is 0.750. The fourth-order valence-corrected chi connectivity index (χ4v) is 3.26. The van der Waals surface area contributed by atoms with Gasteiger partial charge in [-0.15, -0.1) is 0 Å². The molecule has 4 atom stereocenters. The van der Waals surface area contributed by atoms with Gasteiger partial charge in [-0.3, -0.25) is 0 Å². The van der Waals surface area contributed by atoms with E-state index in [1.807, 2.05) is 0 Å². The average molecular weight is 209 g/mol. The molecule has 4 unspecified atom stereocenters. The lowest BCUT2D eigenvalue weighted by atomic mass is 9.89. The van der Waals surface area contributed by atoms with Gasteiger partial charge in [-0.1, -0.05) is 19.4 Å². The van der Waals surface area contributed by atoms with Gasteiger partial charge in [-0.25, -0.2) is 4.79 Å². The van der Waals surface area contributed by atoms with E-state index in [2.05, 4.69) is 25.8 Å². The van der Waals surface area contributed by atoms with E-state index in [0.29, 0.717) is 23.7 Å². The maximum absolute atomic E-state index is 10.8. The van der Waals surface area contributed by atoms with Crippen LogP contribution in [0.2, 0.25) is 0 Å². The molecule has 0 radical (unpaired) electrons. The summed E-state index contributed by atoms with van der Waals surface area (Å²) < 4.78 is 0. The minimum atomic E-state index is -0.786. The number of carbonyl (C=O) groups is 1. The number of piperidine rings is 1. The molecule has 0 aromatic carbocycles. The van der Waals surface area contributed by atoms with Crippen LogP contribution in [0.3, 0.4) is 0 Å². The topological polar surface area (TPSA) is 40.5 Å². The zero-order chi connectivity index (χ0) is 11.2. The van der Waals surface area contributed by atoms with E-state index in [4.69, 9.17) is 5.11 Å². The van der Waals surface area contributed by atoms with Crippen molar-refractivity contribution in [2.75, 3.05) is 20.1 Å². The van der Waals surface area contributed by atoms with Crippen LogP contribution in [0.5, 0.6) is 0 Å². The summed E-state index contributed by atoms with van der Waals surface area (Å²) in [5.74, 6) is 1.36. The van der Waals surface area contributed by atoms with E-state index in [1.54, 1.807) is 0 Å². The summed E-state index contributed by atoms with van der Waals surface area (Å²) in [7, 11) is 2.13. The van der Waals surface area contributed by atoms with E-state index < -0.39 is 5.97 Å². The predicted octanol–water partition coefficient (Wildman–Crippen LogP) is 1.46. The molecule has 0 aromatic rings. The number of rotatable bonds is 1. The molecule has 2 aliphatic rings. The van der Waals surface area contributed by atoms with E-state index in [1.165, 1.54) is 11.6 Å². The molecule has 0 aromatic heterocycles. The summed E-state index contributed by atoms with van der Waals surface area (Å²) in [6.45, 7) is 6.54. The van der Waals surface area contributed by atoms with Crippen molar-refractivity contribution in [2.24, 2.45) is 23.7 Å². The lowest BCUT2D eigenvalue weighted by molar-refractivity contribution is -0.131. The number of aliphatic carboxylic acids is 1. The molecule has 0 amide bonds. The van der Waals surface area contributed by atoms with Gasteiger partial charge < -0.3 is 10.0 Å². The second kappa shape index (κ2) is 3.63. The highest BCUT2D eigenvalue weighted by Crippen LogP contribution is 2.48. The maximum atomic E-state index is 10.8. The van der Waals surface area contributed by atoms with Crippen LogP contribution in [0, 0.1) is 23.7 Å². The molecule has 1 aliphatic carbocycles. The third kappa shape index (κ3) is 1.69. The van der Waals surface area contributed by atoms with E-state index in [-0.39, 0.29) is 0 Å². The molecule has 3 nitrogen and oxygen atoms in total. The zero-order valence-corrected chi connectivity index (χ0v) is 9.60. The first-order valence-electron chi connectivity index (χ1n) is 5.63. The first-order valence-corrected chi connectivity index (χ1v) is 5.63. The zero-order valence-electron chi connectivity index (χ0n) is 9.60. The molecule has 2 rings (SSSR count). The smallest absolute Gasteiger partial charge is 0.328 e. The Hall–Kier alpha value is -0.830. The normalized spacial score (nSPS) is 40.6. The van der Waals surface area contributed by atoms with Crippen LogP contribution in [-0.2, 0) is 4.79 Å². The first kappa shape index (κ1) is 10.7. The molecular formula is C12H19NO2. The molecule has 3 heteroatoms. The summed E-state index contributed by atoms with van der Waals surface area (Å²) in [6, 6.07) is 0. The molecule has 1 aliphatic heterocycles. The van der Waals surface area contributed by atoms with Gasteiger partial charge in [0.25, 0.3) is 0 Å². The molecule has 84 valence electrons. The minimum Gasteiger partial charge on any atom is -0.478 e. The Labute approximate surface area is 90.8 Å². The third-order valence-corrected chi connectivity index (χ3v) is 4.26. The van der Waals surface area contributed by atoms with E-state index in [9.17, 15) is 4.79 Å². The Kier molecular flexibility index (Phi) is 2.59. The van der Waals surface area contributed by atoms with Crippen molar-refractivity contribution in [3.05, 3.63) is 11.6 Å². The van der Waals surface area contributed by atoms with Crippen LogP contribution in [0.25, 0.3) is 0 Å². The van der Waals surface area contributed by atoms with Gasteiger partial charge in [0.15, 0.2) is 0 Å². The molecule has 1 heterocycles. The summed E-state index contributed by atoms with van der Waals surface area (Å²) in [6.07, 6.45) is 1.46. The second-order valence-corrected chi connectivity index (χ2v) is 5.14. The van der Waals surface area contributed by atoms with Gasteiger partial charge in [0.05, 0.1) is 0 Å². The van der Waals surface area contributed by atoms with Crippen LogP contribution < -0.4 is 0 Å². The van der Waals surface area contributed by atoms with Gasteiger partial charge in [0.2, 0.25) is 0 Å². The standard InChI is InChI=1S/C12H19NO2/c1-7-8(2)11-6-13(3)5-10(7)9(11)4-12(14)15/h4,7-8,10-11H,5-6H2,1-3H3,(H,14,15). The van der Waals surface area contributed by atoms with Gasteiger partial charge in [0.1, 0.15) is 0 Å². The van der Waals surface area contributed by atoms with Gasteiger partial charge in [-0.2, -0.15) is 0 Å². The van der Waals surface area contributed by atoms with Crippen molar-refractivity contribution < 1.29 is 9.90 Å². The lowest BCUT2D eigenvalue weighted by Gasteiger charge is -2.31. The largest absolute Gasteiger partial charge is 0.478 e. The number of carboxylic acid groups (broad SMARTS) is 1. The van der Waals surface area contributed by atoms with Gasteiger partial charge >= 0.3 is 5.97 Å². The Morgan fingerprint density at radius 1 is 1.33 bits per heavy atom. The quantitative estimate of drug-likeness (QED) is 0.665. The monoisotopic (exact) mass is 209 g/mol. The van der Waals surface area contributed by atoms with Crippen molar-refractivity contribution in [1.82, 2.24) is 4.90 Å². The van der Waals surface area contributed by atoms with Crippen molar-refractivity contribution in [3.8, 4) is 0 Å². The highest BCUT2D eigenvalue weighted by atomic mass is 16.4. The van der Waals surface area contributed by atoms with Crippen molar-refractivity contribution in [3.63, 3.8) is 0 Å². The molecule has 1 saturated heterocycles. The molecule has 0 spiro atoms. The fourth-order valence-electron chi connectivity index (χ4n) is 3.26. The lowest BCUT2D eigenvalue weighted by Crippen LogP contribution is -2.36. The summed E-state index contributed by atoms with van der Waals surface area (Å²) in [4.78, 5) is 13.1. The summed E-state index contributed by atoms with van der Waals surface area (Å²) >= 11 is 0. The molecule has 1 N–H and O–H groups in total. The van der Waals surface area contributed by atoms with Crippen molar-refractivity contribution in [1.29, 1.82) is 0 Å². The van der Waals surface area contributed by atoms with Gasteiger partial charge in [0, 0.05) is 19.2 Å². The predicted molar refractivity (Wildman–Crippen MR) is 58.5 cm³/mol. The molecular weight excluding hydrogens is 190 g/mol. The number of likely N-dealkylation sites (tertiary alicyclic amines) is 1.